The fourth-order valence-electron chi connectivity index (χ4n) is 4.88. The van der Waals surface area contributed by atoms with Crippen molar-refractivity contribution in [3.8, 4) is 0 Å². The standard InChI is InChI=1S/C33H55N5O5S/c1-30(2,3)18-35-28(42)25-33(10,11)44-19-38(25)29(43)22(39)21(17-20-15-13-12-14-16-20)36-27(41)24(32(7,8)9)37-26(40)23(34)31(4,5)6/h12-16,21-25,39H,17-19,34H2,1-11H3,(H,35,42)(H,36,41)(H,37,40)/t21-,22-,23+,24+,25+/m0/s1. The summed E-state index contributed by atoms with van der Waals surface area (Å²) in [4.78, 5) is 55.6. The number of benzene rings is 1. The van der Waals surface area contributed by atoms with E-state index in [2.05, 4.69) is 16.0 Å². The number of aliphatic hydroxyl groups excluding tert-OH is 1. The van der Waals surface area contributed by atoms with Crippen LogP contribution in [0.3, 0.4) is 0 Å². The molecule has 0 spiro atoms. The van der Waals surface area contributed by atoms with Gasteiger partial charge >= 0.3 is 0 Å². The molecule has 1 aromatic carbocycles. The molecule has 5 atom stereocenters. The van der Waals surface area contributed by atoms with Crippen molar-refractivity contribution in [3.05, 3.63) is 35.9 Å². The molecule has 1 aromatic rings. The minimum Gasteiger partial charge on any atom is -0.381 e. The van der Waals surface area contributed by atoms with Crippen LogP contribution in [-0.2, 0) is 25.6 Å². The quantitative estimate of drug-likeness (QED) is 0.266. The molecular weight excluding hydrogens is 578 g/mol. The van der Waals surface area contributed by atoms with E-state index in [0.717, 1.165) is 5.56 Å². The van der Waals surface area contributed by atoms with Crippen LogP contribution in [0.2, 0.25) is 0 Å². The van der Waals surface area contributed by atoms with Crippen molar-refractivity contribution in [2.75, 3.05) is 12.4 Å². The molecule has 0 aliphatic carbocycles. The SMILES string of the molecule is CC(C)(C)CNC(=O)[C@H]1N(C(=O)[C@@H](O)[C@H](Cc2ccccc2)NC(=O)[C@@H](NC(=O)[C@@H](N)C(C)(C)C)C(C)(C)C)CSC1(C)C. The van der Waals surface area contributed by atoms with E-state index in [1.54, 1.807) is 0 Å². The summed E-state index contributed by atoms with van der Waals surface area (Å²) in [5.41, 5.74) is 5.59. The molecule has 44 heavy (non-hydrogen) atoms. The normalized spacial score (nSPS) is 19.8. The summed E-state index contributed by atoms with van der Waals surface area (Å²) < 4.78 is -0.594. The first-order valence-electron chi connectivity index (χ1n) is 15.3. The van der Waals surface area contributed by atoms with Gasteiger partial charge in [-0.3, -0.25) is 19.2 Å². The zero-order valence-electron chi connectivity index (χ0n) is 28.4. The highest BCUT2D eigenvalue weighted by Crippen LogP contribution is 2.40. The maximum absolute atomic E-state index is 14.0. The zero-order chi connectivity index (χ0) is 33.8. The van der Waals surface area contributed by atoms with Gasteiger partial charge in [-0.25, -0.2) is 0 Å². The first-order chi connectivity index (χ1) is 20.0. The van der Waals surface area contributed by atoms with Crippen LogP contribution < -0.4 is 21.7 Å². The van der Waals surface area contributed by atoms with Crippen molar-refractivity contribution in [1.82, 2.24) is 20.9 Å². The number of hydrogen-bond donors (Lipinski definition) is 5. The third kappa shape index (κ3) is 10.2. The molecule has 1 aliphatic heterocycles. The Morgan fingerprint density at radius 3 is 2.02 bits per heavy atom. The maximum Gasteiger partial charge on any atom is 0.254 e. The second kappa shape index (κ2) is 14.2. The smallest absolute Gasteiger partial charge is 0.254 e. The summed E-state index contributed by atoms with van der Waals surface area (Å²) >= 11 is 1.46. The van der Waals surface area contributed by atoms with Gasteiger partial charge in [0, 0.05) is 11.3 Å². The lowest BCUT2D eigenvalue weighted by atomic mass is 9.83. The van der Waals surface area contributed by atoms with E-state index in [0.29, 0.717) is 6.54 Å². The molecule has 0 saturated carbocycles. The fraction of sp³-hybridized carbons (Fsp3) is 0.697. The van der Waals surface area contributed by atoms with Crippen LogP contribution in [0.5, 0.6) is 0 Å². The number of aliphatic hydroxyl groups is 1. The summed E-state index contributed by atoms with van der Waals surface area (Å²) in [6, 6.07) is 5.51. The van der Waals surface area contributed by atoms with Crippen molar-refractivity contribution in [2.45, 2.75) is 118 Å². The first-order valence-corrected chi connectivity index (χ1v) is 16.2. The van der Waals surface area contributed by atoms with Crippen LogP contribution in [0.1, 0.15) is 81.7 Å². The summed E-state index contributed by atoms with van der Waals surface area (Å²) in [6.45, 7) is 21.2. The Labute approximate surface area is 268 Å². The molecule has 0 aromatic heterocycles. The molecule has 10 nitrogen and oxygen atoms in total. The number of nitrogens with one attached hydrogen (secondary N) is 3. The molecule has 0 bridgehead atoms. The average Bonchev–Trinajstić information content (AvgIpc) is 3.22. The molecule has 0 radical (unpaired) electrons. The molecule has 1 saturated heterocycles. The van der Waals surface area contributed by atoms with Crippen molar-refractivity contribution in [1.29, 1.82) is 0 Å². The van der Waals surface area contributed by atoms with Crippen LogP contribution in [0.4, 0.5) is 0 Å². The molecule has 1 heterocycles. The summed E-state index contributed by atoms with van der Waals surface area (Å²) in [6.07, 6.45) is -1.50. The highest BCUT2D eigenvalue weighted by atomic mass is 32.2. The fourth-order valence-corrected chi connectivity index (χ4v) is 6.02. The lowest BCUT2D eigenvalue weighted by Gasteiger charge is -2.36. The Balaban J connectivity index is 2.39. The minimum atomic E-state index is -1.65. The zero-order valence-corrected chi connectivity index (χ0v) is 29.2. The maximum atomic E-state index is 14.0. The second-order valence-corrected chi connectivity index (χ2v) is 17.4. The number of nitrogens with zero attached hydrogens (tertiary/aromatic N) is 1. The van der Waals surface area contributed by atoms with Gasteiger partial charge in [-0.15, -0.1) is 11.8 Å². The number of thioether (sulfide) groups is 1. The van der Waals surface area contributed by atoms with Crippen LogP contribution in [-0.4, -0.2) is 81.1 Å². The predicted octanol–water partition coefficient (Wildman–Crippen LogP) is 2.82. The van der Waals surface area contributed by atoms with E-state index in [4.69, 9.17) is 5.73 Å². The largest absolute Gasteiger partial charge is 0.381 e. The number of carbonyl (C=O) groups is 4. The van der Waals surface area contributed by atoms with Gasteiger partial charge in [-0.1, -0.05) is 92.6 Å². The summed E-state index contributed by atoms with van der Waals surface area (Å²) in [5, 5.41) is 20.2. The molecule has 2 rings (SSSR count). The molecule has 0 unspecified atom stereocenters. The van der Waals surface area contributed by atoms with E-state index in [1.807, 2.05) is 106 Å². The van der Waals surface area contributed by atoms with Crippen LogP contribution in [0.25, 0.3) is 0 Å². The Hall–Kier alpha value is -2.63. The molecule has 1 aliphatic rings. The van der Waals surface area contributed by atoms with Gasteiger partial charge in [-0.2, -0.15) is 0 Å². The van der Waals surface area contributed by atoms with E-state index in [1.165, 1.54) is 16.7 Å². The third-order valence-corrected chi connectivity index (χ3v) is 9.14. The Bertz CT molecular complexity index is 1170. The molecule has 4 amide bonds. The van der Waals surface area contributed by atoms with E-state index >= 15 is 0 Å². The summed E-state index contributed by atoms with van der Waals surface area (Å²) in [7, 11) is 0. The van der Waals surface area contributed by atoms with Crippen molar-refractivity contribution in [3.63, 3.8) is 0 Å². The lowest BCUT2D eigenvalue weighted by Crippen LogP contribution is -2.63. The predicted molar refractivity (Wildman–Crippen MR) is 177 cm³/mol. The van der Waals surface area contributed by atoms with Gasteiger partial charge in [0.25, 0.3) is 5.91 Å². The number of carbonyl (C=O) groups excluding carboxylic acids is 4. The van der Waals surface area contributed by atoms with Gasteiger partial charge in [0.15, 0.2) is 6.10 Å². The molecular formula is C33H55N5O5S. The monoisotopic (exact) mass is 633 g/mol. The van der Waals surface area contributed by atoms with Crippen LogP contribution in [0.15, 0.2) is 30.3 Å². The van der Waals surface area contributed by atoms with Gasteiger partial charge in [0.05, 0.1) is 18.0 Å². The van der Waals surface area contributed by atoms with E-state index in [-0.39, 0.29) is 23.6 Å². The van der Waals surface area contributed by atoms with Gasteiger partial charge in [-0.05, 0) is 42.1 Å². The van der Waals surface area contributed by atoms with E-state index in [9.17, 15) is 24.3 Å². The molecule has 6 N–H and O–H groups in total. The highest BCUT2D eigenvalue weighted by molar-refractivity contribution is 8.00. The Morgan fingerprint density at radius 2 is 1.52 bits per heavy atom. The lowest BCUT2D eigenvalue weighted by molar-refractivity contribution is -0.148. The molecule has 11 heteroatoms. The van der Waals surface area contributed by atoms with Crippen LogP contribution >= 0.6 is 11.8 Å². The number of amides is 4. The van der Waals surface area contributed by atoms with Gasteiger partial charge < -0.3 is 31.7 Å². The van der Waals surface area contributed by atoms with Gasteiger partial charge in [0.2, 0.25) is 17.7 Å². The van der Waals surface area contributed by atoms with Gasteiger partial charge in [0.1, 0.15) is 12.1 Å². The van der Waals surface area contributed by atoms with E-state index < -0.39 is 63.6 Å². The Morgan fingerprint density at radius 1 is 0.955 bits per heavy atom. The third-order valence-electron chi connectivity index (χ3n) is 7.76. The number of rotatable bonds is 10. The molecule has 1 fully saturated rings. The topological polar surface area (TPSA) is 154 Å². The number of nitrogens with two attached hydrogens (primary N) is 1. The van der Waals surface area contributed by atoms with Crippen molar-refractivity contribution >= 4 is 35.4 Å². The first kappa shape index (κ1) is 37.6. The summed E-state index contributed by atoms with van der Waals surface area (Å²) in [5.74, 6) is -1.73. The average molecular weight is 634 g/mol. The molecule has 248 valence electrons. The number of hydrogen-bond acceptors (Lipinski definition) is 7. The van der Waals surface area contributed by atoms with Crippen molar-refractivity contribution < 1.29 is 24.3 Å². The highest BCUT2D eigenvalue weighted by Gasteiger charge is 2.50. The van der Waals surface area contributed by atoms with Crippen LogP contribution in [0, 0.1) is 16.2 Å². The Kier molecular flexibility index (Phi) is 12.1. The minimum absolute atomic E-state index is 0.150. The van der Waals surface area contributed by atoms with Crippen molar-refractivity contribution in [2.24, 2.45) is 22.0 Å². The second-order valence-electron chi connectivity index (χ2n) is 15.8.